The number of guanidine groups is 1. The zero-order valence-corrected chi connectivity index (χ0v) is 18.5. The second-order valence-electron chi connectivity index (χ2n) is 8.40. The lowest BCUT2D eigenvalue weighted by Crippen LogP contribution is -2.35. The van der Waals surface area contributed by atoms with E-state index in [0.717, 1.165) is 41.3 Å². The largest absolute Gasteiger partial charge is 0.489 e. The minimum Gasteiger partial charge on any atom is -0.489 e. The summed E-state index contributed by atoms with van der Waals surface area (Å²) < 4.78 is 50.0. The fourth-order valence-corrected chi connectivity index (χ4v) is 4.26. The summed E-state index contributed by atoms with van der Waals surface area (Å²) in [7, 11) is 0. The Morgan fingerprint density at radius 2 is 1.91 bits per heavy atom. The number of likely N-dealkylation sites (tertiary alicyclic amines) is 1. The van der Waals surface area contributed by atoms with Crippen molar-refractivity contribution in [1.82, 2.24) is 15.0 Å². The van der Waals surface area contributed by atoms with Crippen LogP contribution in [-0.2, 0) is 12.8 Å². The van der Waals surface area contributed by atoms with Gasteiger partial charge in [-0.2, -0.15) is 18.2 Å². The van der Waals surface area contributed by atoms with Crippen molar-refractivity contribution in [3.63, 3.8) is 0 Å². The van der Waals surface area contributed by atoms with E-state index in [1.807, 2.05) is 30.3 Å². The molecule has 3 aromatic carbocycles. The number of nitrogens with zero attached hydrogens (tertiary/aromatic N) is 3. The average molecular weight is 481 g/mol. The number of rotatable bonds is 5. The summed E-state index contributed by atoms with van der Waals surface area (Å²) in [5, 5.41) is 13.7. The Labute approximate surface area is 198 Å². The number of fused-ring (bicyclic) bond motifs is 1. The summed E-state index contributed by atoms with van der Waals surface area (Å²) in [6.45, 7) is 0.712. The fourth-order valence-electron chi connectivity index (χ4n) is 4.26. The number of nitrogens with one attached hydrogen (secondary N) is 1. The predicted molar refractivity (Wildman–Crippen MR) is 124 cm³/mol. The van der Waals surface area contributed by atoms with Gasteiger partial charge in [0.05, 0.1) is 5.56 Å². The number of aromatic nitrogens is 2. The number of benzene rings is 3. The molecule has 1 fully saturated rings. The van der Waals surface area contributed by atoms with Crippen molar-refractivity contribution >= 4 is 16.7 Å². The molecule has 1 aliphatic rings. The number of hydrogen-bond acceptors (Lipinski definition) is 5. The maximum absolute atomic E-state index is 12.9. The highest BCUT2D eigenvalue weighted by molar-refractivity contribution is 5.87. The van der Waals surface area contributed by atoms with Gasteiger partial charge < -0.3 is 19.9 Å². The molecule has 0 spiro atoms. The van der Waals surface area contributed by atoms with Crippen LogP contribution in [0.4, 0.5) is 13.2 Å². The summed E-state index contributed by atoms with van der Waals surface area (Å²) in [6, 6.07) is 16.1. The van der Waals surface area contributed by atoms with Gasteiger partial charge in [0.2, 0.25) is 11.7 Å². The summed E-state index contributed by atoms with van der Waals surface area (Å²) >= 11 is 0. The van der Waals surface area contributed by atoms with Crippen molar-refractivity contribution in [1.29, 1.82) is 5.41 Å². The Bertz CT molecular complexity index is 1390. The van der Waals surface area contributed by atoms with Gasteiger partial charge in [-0.15, -0.1) is 0 Å². The first kappa shape index (κ1) is 22.7. The van der Waals surface area contributed by atoms with Crippen LogP contribution in [0.3, 0.4) is 0 Å². The Hall–Kier alpha value is -4.08. The topological polar surface area (TPSA) is 101 Å². The van der Waals surface area contributed by atoms with E-state index in [-0.39, 0.29) is 18.6 Å². The standard InChI is InChI=1S/C25H22F3N5O2/c26-25(27,28)19-4-1-3-15(11-19)14-34-20-9-8-16-12-18(7-6-17(16)13-20)22-31-23(35-32-22)21-5-2-10-33(21)24(29)30/h1,3-4,6-9,11-13,21H,2,5,10,14H2,(H3,29,30). The third-order valence-corrected chi connectivity index (χ3v) is 6.02. The number of hydrogen-bond donors (Lipinski definition) is 2. The Morgan fingerprint density at radius 1 is 1.11 bits per heavy atom. The third kappa shape index (κ3) is 4.77. The summed E-state index contributed by atoms with van der Waals surface area (Å²) in [6.07, 6.45) is -2.70. The van der Waals surface area contributed by atoms with Crippen molar-refractivity contribution < 1.29 is 22.4 Å². The molecule has 0 bridgehead atoms. The van der Waals surface area contributed by atoms with Gasteiger partial charge in [-0.25, -0.2) is 0 Å². The van der Waals surface area contributed by atoms with Crippen LogP contribution in [0.2, 0.25) is 0 Å². The lowest BCUT2D eigenvalue weighted by molar-refractivity contribution is -0.137. The first-order valence-corrected chi connectivity index (χ1v) is 11.1. The van der Waals surface area contributed by atoms with Crippen LogP contribution in [-0.4, -0.2) is 27.5 Å². The van der Waals surface area contributed by atoms with Gasteiger partial charge in [0.25, 0.3) is 0 Å². The molecule has 1 unspecified atom stereocenters. The number of nitrogens with two attached hydrogens (primary N) is 1. The maximum atomic E-state index is 12.9. The lowest BCUT2D eigenvalue weighted by atomic mass is 10.1. The smallest absolute Gasteiger partial charge is 0.416 e. The van der Waals surface area contributed by atoms with Crippen molar-refractivity contribution in [2.24, 2.45) is 5.73 Å². The molecule has 7 nitrogen and oxygen atoms in total. The van der Waals surface area contributed by atoms with Crippen LogP contribution in [0.15, 0.2) is 65.2 Å². The fraction of sp³-hybridized carbons (Fsp3) is 0.240. The van der Waals surface area contributed by atoms with Crippen molar-refractivity contribution in [3.8, 4) is 17.1 Å². The zero-order chi connectivity index (χ0) is 24.6. The highest BCUT2D eigenvalue weighted by Gasteiger charge is 2.32. The molecule has 0 radical (unpaired) electrons. The third-order valence-electron chi connectivity index (χ3n) is 6.02. The van der Waals surface area contributed by atoms with Crippen LogP contribution >= 0.6 is 0 Å². The molecule has 180 valence electrons. The molecule has 2 heterocycles. The summed E-state index contributed by atoms with van der Waals surface area (Å²) in [5.74, 6) is 1.42. The first-order valence-electron chi connectivity index (χ1n) is 11.1. The zero-order valence-electron chi connectivity index (χ0n) is 18.5. The van der Waals surface area contributed by atoms with Crippen LogP contribution in [0.1, 0.15) is 35.9 Å². The first-order chi connectivity index (χ1) is 16.8. The van der Waals surface area contributed by atoms with Crippen LogP contribution < -0.4 is 10.5 Å². The normalized spacial score (nSPS) is 16.1. The molecule has 5 rings (SSSR count). The van der Waals surface area contributed by atoms with E-state index in [2.05, 4.69) is 10.1 Å². The molecule has 10 heteroatoms. The Morgan fingerprint density at radius 3 is 2.71 bits per heavy atom. The van der Waals surface area contributed by atoms with Crippen LogP contribution in [0.5, 0.6) is 5.75 Å². The van der Waals surface area contributed by atoms with E-state index in [1.165, 1.54) is 6.07 Å². The lowest BCUT2D eigenvalue weighted by Gasteiger charge is -2.21. The van der Waals surface area contributed by atoms with Gasteiger partial charge >= 0.3 is 6.18 Å². The second kappa shape index (κ2) is 8.94. The summed E-state index contributed by atoms with van der Waals surface area (Å²) in [4.78, 5) is 6.28. The molecule has 1 atom stereocenters. The predicted octanol–water partition coefficient (Wildman–Crippen LogP) is 5.52. The van der Waals surface area contributed by atoms with E-state index in [9.17, 15) is 13.2 Å². The van der Waals surface area contributed by atoms with Gasteiger partial charge in [-0.05, 0) is 59.5 Å². The van der Waals surface area contributed by atoms with Crippen molar-refractivity contribution in [3.05, 3.63) is 77.7 Å². The molecule has 1 aliphatic heterocycles. The highest BCUT2D eigenvalue weighted by Crippen LogP contribution is 2.33. The molecular weight excluding hydrogens is 459 g/mol. The van der Waals surface area contributed by atoms with Crippen LogP contribution in [0, 0.1) is 5.41 Å². The Balaban J connectivity index is 1.31. The SMILES string of the molecule is N=C(N)N1CCCC1c1nc(-c2ccc3cc(OCc4cccc(C(F)(F)F)c4)ccc3c2)no1. The summed E-state index contributed by atoms with van der Waals surface area (Å²) in [5.41, 5.74) is 6.18. The van der Waals surface area contributed by atoms with E-state index in [4.69, 9.17) is 20.4 Å². The molecule has 0 amide bonds. The average Bonchev–Trinajstić information content (AvgIpc) is 3.52. The quantitative estimate of drug-likeness (QED) is 0.288. The number of halogens is 3. The maximum Gasteiger partial charge on any atom is 0.416 e. The highest BCUT2D eigenvalue weighted by atomic mass is 19.4. The minimum atomic E-state index is -4.39. The van der Waals surface area contributed by atoms with E-state index in [1.54, 1.807) is 17.0 Å². The van der Waals surface area contributed by atoms with Gasteiger partial charge in [-0.3, -0.25) is 5.41 Å². The van der Waals surface area contributed by atoms with Crippen LogP contribution in [0.25, 0.3) is 22.2 Å². The monoisotopic (exact) mass is 481 g/mol. The molecule has 0 saturated carbocycles. The van der Waals surface area contributed by atoms with Crippen molar-refractivity contribution in [2.45, 2.75) is 31.7 Å². The van der Waals surface area contributed by atoms with E-state index in [0.29, 0.717) is 29.6 Å². The minimum absolute atomic E-state index is 0.0102. The van der Waals surface area contributed by atoms with Gasteiger partial charge in [0, 0.05) is 12.1 Å². The molecule has 1 aromatic heterocycles. The molecule has 4 aromatic rings. The Kier molecular flexibility index (Phi) is 5.80. The van der Waals surface area contributed by atoms with E-state index < -0.39 is 11.7 Å². The van der Waals surface area contributed by atoms with Gasteiger partial charge in [0.15, 0.2) is 5.96 Å². The number of alkyl halides is 3. The second-order valence-corrected chi connectivity index (χ2v) is 8.40. The molecular formula is C25H22F3N5O2. The molecule has 35 heavy (non-hydrogen) atoms. The van der Waals surface area contributed by atoms with Gasteiger partial charge in [-0.1, -0.05) is 35.5 Å². The van der Waals surface area contributed by atoms with Crippen molar-refractivity contribution in [2.75, 3.05) is 6.54 Å². The number of ether oxygens (including phenoxy) is 1. The molecule has 3 N–H and O–H groups in total. The molecule has 1 saturated heterocycles. The van der Waals surface area contributed by atoms with Gasteiger partial charge in [0.1, 0.15) is 18.4 Å². The van der Waals surface area contributed by atoms with E-state index >= 15 is 0 Å². The molecule has 0 aliphatic carbocycles.